The van der Waals surface area contributed by atoms with Crippen molar-refractivity contribution in [2.75, 3.05) is 46.3 Å². The van der Waals surface area contributed by atoms with Crippen molar-refractivity contribution >= 4 is 16.7 Å². The van der Waals surface area contributed by atoms with Gasteiger partial charge in [-0.15, -0.1) is 0 Å². The Labute approximate surface area is 195 Å². The number of aromatic nitrogens is 1. The van der Waals surface area contributed by atoms with Gasteiger partial charge in [-0.05, 0) is 41.1 Å². The number of hydrogen-bond acceptors (Lipinski definition) is 3. The molecule has 0 saturated carbocycles. The SMILES string of the molecule is CN1CCN(CCNC(=O)c2cc(-c3ccc4ccccc4c3)[nH]c2-c2ccccc2)CC1. The molecular weight excluding hydrogens is 408 g/mol. The molecular formula is C28H30N4O. The van der Waals surface area contributed by atoms with E-state index in [2.05, 4.69) is 69.6 Å². The fourth-order valence-corrected chi connectivity index (χ4v) is 4.47. The molecule has 0 aliphatic carbocycles. The standard InChI is InChI=1S/C28H30N4O/c1-31-15-17-32(18-16-31)14-13-29-28(33)25-20-26(30-27(25)22-8-3-2-4-9-22)24-12-11-21-7-5-6-10-23(21)19-24/h2-12,19-20,30H,13-18H2,1H3,(H,29,33). The fraction of sp³-hybridized carbons (Fsp3) is 0.250. The first-order valence-electron chi connectivity index (χ1n) is 11.6. The summed E-state index contributed by atoms with van der Waals surface area (Å²) in [5, 5.41) is 5.54. The predicted octanol–water partition coefficient (Wildman–Crippen LogP) is 4.48. The molecule has 5 rings (SSSR count). The first-order valence-corrected chi connectivity index (χ1v) is 11.6. The Kier molecular flexibility index (Phi) is 6.24. The molecule has 0 bridgehead atoms. The number of rotatable bonds is 6. The molecule has 3 aromatic carbocycles. The molecule has 1 amide bonds. The molecule has 5 heteroatoms. The van der Waals surface area contributed by atoms with E-state index < -0.39 is 0 Å². The Bertz CT molecular complexity index is 1240. The second-order valence-electron chi connectivity index (χ2n) is 8.80. The normalized spacial score (nSPS) is 15.1. The number of aromatic amines is 1. The lowest BCUT2D eigenvalue weighted by Gasteiger charge is -2.32. The van der Waals surface area contributed by atoms with Crippen LogP contribution in [0.4, 0.5) is 0 Å². The highest BCUT2D eigenvalue weighted by molar-refractivity contribution is 6.02. The van der Waals surface area contributed by atoms with Gasteiger partial charge < -0.3 is 15.2 Å². The van der Waals surface area contributed by atoms with Crippen LogP contribution in [0, 0.1) is 0 Å². The number of piperazine rings is 1. The van der Waals surface area contributed by atoms with Crippen LogP contribution in [0.25, 0.3) is 33.3 Å². The Hall–Kier alpha value is -3.41. The van der Waals surface area contributed by atoms with Gasteiger partial charge in [-0.1, -0.05) is 66.7 Å². The van der Waals surface area contributed by atoms with Crippen LogP contribution in [0.15, 0.2) is 78.9 Å². The second-order valence-corrected chi connectivity index (χ2v) is 8.80. The summed E-state index contributed by atoms with van der Waals surface area (Å²) >= 11 is 0. The molecule has 0 unspecified atom stereocenters. The zero-order chi connectivity index (χ0) is 22.6. The number of amides is 1. The summed E-state index contributed by atoms with van der Waals surface area (Å²) < 4.78 is 0. The smallest absolute Gasteiger partial charge is 0.253 e. The molecule has 168 valence electrons. The highest BCUT2D eigenvalue weighted by atomic mass is 16.1. The molecule has 0 atom stereocenters. The van der Waals surface area contributed by atoms with Crippen LogP contribution in [0.3, 0.4) is 0 Å². The van der Waals surface area contributed by atoms with E-state index in [0.29, 0.717) is 12.1 Å². The van der Waals surface area contributed by atoms with Crippen molar-refractivity contribution in [1.82, 2.24) is 20.1 Å². The Morgan fingerprint density at radius 2 is 1.58 bits per heavy atom. The molecule has 4 aromatic rings. The first-order chi connectivity index (χ1) is 16.2. The van der Waals surface area contributed by atoms with Crippen molar-refractivity contribution in [2.24, 2.45) is 0 Å². The molecule has 2 N–H and O–H groups in total. The molecule has 1 aliphatic rings. The van der Waals surface area contributed by atoms with Gasteiger partial charge in [-0.2, -0.15) is 0 Å². The Morgan fingerprint density at radius 1 is 0.848 bits per heavy atom. The summed E-state index contributed by atoms with van der Waals surface area (Å²) in [4.78, 5) is 21.5. The van der Waals surface area contributed by atoms with Gasteiger partial charge in [-0.3, -0.25) is 9.69 Å². The quantitative estimate of drug-likeness (QED) is 0.467. The maximum Gasteiger partial charge on any atom is 0.253 e. The van der Waals surface area contributed by atoms with E-state index in [9.17, 15) is 4.79 Å². The third kappa shape index (κ3) is 4.85. The highest BCUT2D eigenvalue weighted by Gasteiger charge is 2.19. The van der Waals surface area contributed by atoms with Crippen molar-refractivity contribution in [3.8, 4) is 22.5 Å². The molecule has 0 radical (unpaired) electrons. The van der Waals surface area contributed by atoms with Crippen molar-refractivity contribution in [2.45, 2.75) is 0 Å². The van der Waals surface area contributed by atoms with Gasteiger partial charge in [0.15, 0.2) is 0 Å². The van der Waals surface area contributed by atoms with Crippen LogP contribution in [0.2, 0.25) is 0 Å². The molecule has 1 saturated heterocycles. The van der Waals surface area contributed by atoms with Crippen LogP contribution in [0.5, 0.6) is 0 Å². The van der Waals surface area contributed by atoms with Crippen molar-refractivity contribution in [3.05, 3.63) is 84.4 Å². The summed E-state index contributed by atoms with van der Waals surface area (Å²) in [6.07, 6.45) is 0. The molecule has 33 heavy (non-hydrogen) atoms. The van der Waals surface area contributed by atoms with Crippen LogP contribution in [-0.4, -0.2) is 67.0 Å². The highest BCUT2D eigenvalue weighted by Crippen LogP contribution is 2.30. The summed E-state index contributed by atoms with van der Waals surface area (Å²) in [5.41, 5.74) is 4.57. The number of benzene rings is 3. The Morgan fingerprint density at radius 3 is 2.36 bits per heavy atom. The molecule has 1 aliphatic heterocycles. The largest absolute Gasteiger partial charge is 0.354 e. The number of H-pyrrole nitrogens is 1. The first kappa shape index (κ1) is 21.4. The molecule has 0 spiro atoms. The predicted molar refractivity (Wildman–Crippen MR) is 135 cm³/mol. The van der Waals surface area contributed by atoms with E-state index >= 15 is 0 Å². The third-order valence-corrected chi connectivity index (χ3v) is 6.49. The molecule has 2 heterocycles. The van der Waals surface area contributed by atoms with Gasteiger partial charge in [-0.25, -0.2) is 0 Å². The van der Waals surface area contributed by atoms with E-state index in [0.717, 1.165) is 55.2 Å². The zero-order valence-corrected chi connectivity index (χ0v) is 19.1. The molecule has 5 nitrogen and oxygen atoms in total. The molecule has 1 fully saturated rings. The second kappa shape index (κ2) is 9.61. The number of carbonyl (C=O) groups excluding carboxylic acids is 1. The van der Waals surface area contributed by atoms with Crippen LogP contribution in [-0.2, 0) is 0 Å². The monoisotopic (exact) mass is 438 g/mol. The number of carbonyl (C=O) groups is 1. The van der Waals surface area contributed by atoms with Crippen molar-refractivity contribution in [1.29, 1.82) is 0 Å². The van der Waals surface area contributed by atoms with E-state index in [1.165, 1.54) is 10.8 Å². The number of likely N-dealkylation sites (N-methyl/N-ethyl adjacent to an activating group) is 1. The average molecular weight is 439 g/mol. The maximum absolute atomic E-state index is 13.2. The maximum atomic E-state index is 13.2. The van der Waals surface area contributed by atoms with E-state index in [1.54, 1.807) is 0 Å². The van der Waals surface area contributed by atoms with Gasteiger partial charge >= 0.3 is 0 Å². The van der Waals surface area contributed by atoms with Crippen LogP contribution in [0.1, 0.15) is 10.4 Å². The van der Waals surface area contributed by atoms with Gasteiger partial charge in [0.05, 0.1) is 11.3 Å². The van der Waals surface area contributed by atoms with Gasteiger partial charge in [0.2, 0.25) is 0 Å². The number of fused-ring (bicyclic) bond motifs is 1. The zero-order valence-electron chi connectivity index (χ0n) is 19.1. The number of nitrogens with zero attached hydrogens (tertiary/aromatic N) is 2. The van der Waals surface area contributed by atoms with E-state index in [-0.39, 0.29) is 5.91 Å². The summed E-state index contributed by atoms with van der Waals surface area (Å²) in [7, 11) is 2.16. The lowest BCUT2D eigenvalue weighted by Crippen LogP contribution is -2.46. The van der Waals surface area contributed by atoms with Crippen LogP contribution < -0.4 is 5.32 Å². The minimum atomic E-state index is -0.0359. The van der Waals surface area contributed by atoms with E-state index in [4.69, 9.17) is 0 Å². The third-order valence-electron chi connectivity index (χ3n) is 6.49. The minimum absolute atomic E-state index is 0.0359. The lowest BCUT2D eigenvalue weighted by atomic mass is 10.0. The lowest BCUT2D eigenvalue weighted by molar-refractivity contribution is 0.0942. The van der Waals surface area contributed by atoms with Crippen molar-refractivity contribution in [3.63, 3.8) is 0 Å². The summed E-state index contributed by atoms with van der Waals surface area (Å²) in [6.45, 7) is 5.79. The van der Waals surface area contributed by atoms with E-state index in [1.807, 2.05) is 36.4 Å². The minimum Gasteiger partial charge on any atom is -0.354 e. The topological polar surface area (TPSA) is 51.4 Å². The van der Waals surface area contributed by atoms with Crippen LogP contribution >= 0.6 is 0 Å². The fourth-order valence-electron chi connectivity index (χ4n) is 4.47. The van der Waals surface area contributed by atoms with Gasteiger partial charge in [0, 0.05) is 45.0 Å². The van der Waals surface area contributed by atoms with Gasteiger partial charge in [0.25, 0.3) is 5.91 Å². The summed E-state index contributed by atoms with van der Waals surface area (Å²) in [5.74, 6) is -0.0359. The Balaban J connectivity index is 1.39. The summed E-state index contributed by atoms with van der Waals surface area (Å²) in [6, 6.07) is 26.8. The van der Waals surface area contributed by atoms with Crippen molar-refractivity contribution < 1.29 is 4.79 Å². The number of hydrogen-bond donors (Lipinski definition) is 2. The van der Waals surface area contributed by atoms with Gasteiger partial charge in [0.1, 0.15) is 0 Å². The molecule has 1 aromatic heterocycles. The average Bonchev–Trinajstić information content (AvgIpc) is 3.31. The number of nitrogens with one attached hydrogen (secondary N) is 2.